The molecule has 0 bridgehead atoms. The van der Waals surface area contributed by atoms with E-state index in [4.69, 9.17) is 19.2 Å². The molecule has 0 unspecified atom stereocenters. The Morgan fingerprint density at radius 1 is 0.943 bits per heavy atom. The second-order valence-corrected chi connectivity index (χ2v) is 8.79. The Balaban J connectivity index is 1.71. The van der Waals surface area contributed by atoms with Gasteiger partial charge in [-0.1, -0.05) is 50.7 Å². The zero-order valence-corrected chi connectivity index (χ0v) is 20.8. The molecule has 0 fully saturated rings. The van der Waals surface area contributed by atoms with Crippen molar-refractivity contribution >= 4 is 23.0 Å². The summed E-state index contributed by atoms with van der Waals surface area (Å²) in [4.78, 5) is 26.1. The third-order valence-electron chi connectivity index (χ3n) is 6.30. The fraction of sp³-hybridized carbons (Fsp3) is 0.538. The monoisotopic (exact) mass is 485 g/mol. The summed E-state index contributed by atoms with van der Waals surface area (Å²) < 4.78 is 15.6. The molecule has 1 aliphatic heterocycles. The van der Waals surface area contributed by atoms with Crippen molar-refractivity contribution in [3.05, 3.63) is 46.3 Å². The highest BCUT2D eigenvalue weighted by Crippen LogP contribution is 2.41. The van der Waals surface area contributed by atoms with Crippen LogP contribution in [0, 0.1) is 0 Å². The van der Waals surface area contributed by atoms with Crippen molar-refractivity contribution in [1.29, 1.82) is 0 Å². The van der Waals surface area contributed by atoms with E-state index < -0.39 is 17.9 Å². The van der Waals surface area contributed by atoms with Crippen molar-refractivity contribution in [3.8, 4) is 0 Å². The number of carbonyl (C=O) groups excluding carboxylic acids is 2. The highest BCUT2D eigenvalue weighted by Gasteiger charge is 2.39. The molecule has 0 spiro atoms. The number of aliphatic hydroxyl groups excluding tert-OH is 1. The van der Waals surface area contributed by atoms with E-state index in [-0.39, 0.29) is 6.61 Å². The molecule has 0 saturated heterocycles. The van der Waals surface area contributed by atoms with Crippen molar-refractivity contribution in [2.45, 2.75) is 71.1 Å². The lowest BCUT2D eigenvalue weighted by Crippen LogP contribution is -2.32. The molecule has 0 aliphatic carbocycles. The topological polar surface area (TPSA) is 124 Å². The van der Waals surface area contributed by atoms with E-state index in [1.165, 1.54) is 7.11 Å². The minimum atomic E-state index is -0.731. The summed E-state index contributed by atoms with van der Waals surface area (Å²) >= 11 is 0. The Morgan fingerprint density at radius 2 is 1.57 bits per heavy atom. The Bertz CT molecular complexity index is 1090. The second kappa shape index (κ2) is 13.0. The first-order valence-corrected chi connectivity index (χ1v) is 12.3. The lowest BCUT2D eigenvalue weighted by Gasteiger charge is -2.30. The van der Waals surface area contributed by atoms with Gasteiger partial charge in [0, 0.05) is 18.0 Å². The van der Waals surface area contributed by atoms with Gasteiger partial charge in [0.15, 0.2) is 0 Å². The molecule has 35 heavy (non-hydrogen) atoms. The summed E-state index contributed by atoms with van der Waals surface area (Å²) in [5.74, 6) is -1.75. The minimum Gasteiger partial charge on any atom is -0.466 e. The standard InChI is InChI=1S/C26H35N3O6/c1-17-21(25(31)33-3)23(19-13-12-14-20-24(19)29-35-28-20)22(18(2)27-17)26(32)34-16-11-9-7-5-4-6-8-10-15-30/h12-14,23,27,30H,4-11,15-16H2,1-3H3/t23-/m0/s1. The summed E-state index contributed by atoms with van der Waals surface area (Å²) in [7, 11) is 1.31. The zero-order chi connectivity index (χ0) is 25.2. The molecule has 2 aromatic rings. The zero-order valence-electron chi connectivity index (χ0n) is 20.8. The summed E-state index contributed by atoms with van der Waals surface area (Å²) in [6.07, 6.45) is 8.20. The van der Waals surface area contributed by atoms with Crippen LogP contribution in [0.15, 0.2) is 45.4 Å². The normalized spacial score (nSPS) is 15.9. The summed E-state index contributed by atoms with van der Waals surface area (Å²) in [6, 6.07) is 5.35. The molecular weight excluding hydrogens is 450 g/mol. The molecule has 9 heteroatoms. The van der Waals surface area contributed by atoms with E-state index in [1.54, 1.807) is 32.0 Å². The van der Waals surface area contributed by atoms with Gasteiger partial charge < -0.3 is 19.9 Å². The van der Waals surface area contributed by atoms with E-state index in [1.807, 2.05) is 0 Å². The van der Waals surface area contributed by atoms with Gasteiger partial charge >= 0.3 is 11.9 Å². The summed E-state index contributed by atoms with van der Waals surface area (Å²) in [6.45, 7) is 4.13. The fourth-order valence-corrected chi connectivity index (χ4v) is 4.53. The fourth-order valence-electron chi connectivity index (χ4n) is 4.53. The smallest absolute Gasteiger partial charge is 0.336 e. The third kappa shape index (κ3) is 6.48. The van der Waals surface area contributed by atoms with E-state index in [2.05, 4.69) is 15.6 Å². The van der Waals surface area contributed by atoms with E-state index in [9.17, 15) is 9.59 Å². The highest BCUT2D eigenvalue weighted by atomic mass is 16.6. The lowest BCUT2D eigenvalue weighted by molar-refractivity contribution is -0.139. The number of unbranched alkanes of at least 4 members (excludes halogenated alkanes) is 7. The van der Waals surface area contributed by atoms with Crippen molar-refractivity contribution in [2.24, 2.45) is 0 Å². The first-order valence-electron chi connectivity index (χ1n) is 12.3. The van der Waals surface area contributed by atoms with Gasteiger partial charge in [0.05, 0.1) is 30.8 Å². The van der Waals surface area contributed by atoms with Gasteiger partial charge in [-0.25, -0.2) is 14.2 Å². The number of methoxy groups -OCH3 is 1. The molecule has 1 aromatic carbocycles. The first-order chi connectivity index (χ1) is 17.0. The third-order valence-corrected chi connectivity index (χ3v) is 6.30. The molecule has 1 aliphatic rings. The maximum atomic E-state index is 13.3. The largest absolute Gasteiger partial charge is 0.466 e. The number of carbonyl (C=O) groups is 2. The van der Waals surface area contributed by atoms with E-state index in [0.29, 0.717) is 45.7 Å². The van der Waals surface area contributed by atoms with Crippen LogP contribution >= 0.6 is 0 Å². The van der Waals surface area contributed by atoms with Crippen LogP contribution in [-0.2, 0) is 19.1 Å². The van der Waals surface area contributed by atoms with Gasteiger partial charge in [-0.2, -0.15) is 0 Å². The van der Waals surface area contributed by atoms with E-state index in [0.717, 1.165) is 51.4 Å². The molecular formula is C26H35N3O6. The van der Waals surface area contributed by atoms with Crippen LogP contribution in [0.5, 0.6) is 0 Å². The van der Waals surface area contributed by atoms with Gasteiger partial charge in [0.1, 0.15) is 11.0 Å². The SMILES string of the molecule is COC(=O)C1=C(C)NC(C)=C(C(=O)OCCCCCCCCCCO)[C@H]1c1cccc2nonc12. The summed E-state index contributed by atoms with van der Waals surface area (Å²) in [5, 5.41) is 19.9. The number of esters is 2. The van der Waals surface area contributed by atoms with Crippen LogP contribution in [0.1, 0.15) is 76.7 Å². The second-order valence-electron chi connectivity index (χ2n) is 8.79. The molecule has 190 valence electrons. The Labute approximate surface area is 205 Å². The predicted octanol–water partition coefficient (Wildman–Crippen LogP) is 4.29. The highest BCUT2D eigenvalue weighted by molar-refractivity contribution is 6.01. The number of ether oxygens (including phenoxy) is 2. The van der Waals surface area contributed by atoms with Crippen molar-refractivity contribution in [3.63, 3.8) is 0 Å². The predicted molar refractivity (Wildman–Crippen MR) is 130 cm³/mol. The Morgan fingerprint density at radius 3 is 2.23 bits per heavy atom. The number of allylic oxidation sites excluding steroid dienone is 2. The molecule has 2 heterocycles. The number of benzene rings is 1. The maximum absolute atomic E-state index is 13.3. The maximum Gasteiger partial charge on any atom is 0.336 e. The molecule has 1 aromatic heterocycles. The number of aromatic nitrogens is 2. The van der Waals surface area contributed by atoms with Gasteiger partial charge in [-0.3, -0.25) is 0 Å². The first kappa shape index (κ1) is 26.4. The summed E-state index contributed by atoms with van der Waals surface area (Å²) in [5.41, 5.74) is 3.51. The van der Waals surface area contributed by atoms with Crippen LogP contribution in [0.25, 0.3) is 11.0 Å². The van der Waals surface area contributed by atoms with Gasteiger partial charge in [0.25, 0.3) is 0 Å². The number of fused-ring (bicyclic) bond motifs is 1. The molecule has 0 amide bonds. The Kier molecular flexibility index (Phi) is 9.84. The molecule has 0 saturated carbocycles. The molecule has 3 rings (SSSR count). The quantitative estimate of drug-likeness (QED) is 0.316. The van der Waals surface area contributed by atoms with E-state index >= 15 is 0 Å². The number of hydrogen-bond donors (Lipinski definition) is 2. The van der Waals surface area contributed by atoms with Crippen LogP contribution < -0.4 is 5.32 Å². The molecule has 0 radical (unpaired) electrons. The van der Waals surface area contributed by atoms with Crippen LogP contribution in [-0.4, -0.2) is 47.7 Å². The molecule has 2 N–H and O–H groups in total. The average Bonchev–Trinajstić information content (AvgIpc) is 3.33. The number of dihydropyridines is 1. The number of aliphatic hydroxyl groups is 1. The van der Waals surface area contributed by atoms with Crippen LogP contribution in [0.3, 0.4) is 0 Å². The average molecular weight is 486 g/mol. The van der Waals surface area contributed by atoms with Gasteiger partial charge in [-0.05, 0) is 48.6 Å². The van der Waals surface area contributed by atoms with Crippen molar-refractivity contribution < 1.29 is 28.8 Å². The molecule has 1 atom stereocenters. The molecule has 9 nitrogen and oxygen atoms in total. The van der Waals surface area contributed by atoms with Gasteiger partial charge in [-0.15, -0.1) is 0 Å². The number of rotatable bonds is 13. The minimum absolute atomic E-state index is 0.263. The van der Waals surface area contributed by atoms with Crippen LogP contribution in [0.2, 0.25) is 0 Å². The number of nitrogens with one attached hydrogen (secondary N) is 1. The Hall–Kier alpha value is -3.20. The number of hydrogen-bond acceptors (Lipinski definition) is 9. The van der Waals surface area contributed by atoms with Gasteiger partial charge in [0.2, 0.25) is 0 Å². The van der Waals surface area contributed by atoms with Crippen LogP contribution in [0.4, 0.5) is 0 Å². The van der Waals surface area contributed by atoms with Crippen molar-refractivity contribution in [2.75, 3.05) is 20.3 Å². The lowest BCUT2D eigenvalue weighted by atomic mass is 9.80. The van der Waals surface area contributed by atoms with Crippen molar-refractivity contribution in [1.82, 2.24) is 15.6 Å². The number of nitrogens with zero attached hydrogens (tertiary/aromatic N) is 2.